The van der Waals surface area contributed by atoms with Gasteiger partial charge in [-0.15, -0.1) is 0 Å². The summed E-state index contributed by atoms with van der Waals surface area (Å²) in [6.07, 6.45) is 3.71. The minimum absolute atomic E-state index is 0.104. The van der Waals surface area contributed by atoms with E-state index >= 15 is 0 Å². The summed E-state index contributed by atoms with van der Waals surface area (Å²) in [4.78, 5) is 29.2. The molecule has 0 radical (unpaired) electrons. The van der Waals surface area contributed by atoms with Gasteiger partial charge in [0, 0.05) is 38.5 Å². The Morgan fingerprint density at radius 1 is 1.00 bits per heavy atom. The Kier molecular flexibility index (Phi) is 9.29. The molecule has 1 aliphatic rings. The molecule has 162 valence electrons. The highest BCUT2D eigenvalue weighted by atomic mass is 16.5. The number of methoxy groups -OCH3 is 1. The molecule has 0 bridgehead atoms. The molecule has 1 aliphatic heterocycles. The number of nitrogens with zero attached hydrogens (tertiary/aromatic N) is 2. The minimum atomic E-state index is 0.104. The predicted octanol–water partition coefficient (Wildman–Crippen LogP) is 3.52. The highest BCUT2D eigenvalue weighted by Gasteiger charge is 2.25. The van der Waals surface area contributed by atoms with E-state index in [0.29, 0.717) is 38.3 Å². The lowest BCUT2D eigenvalue weighted by Gasteiger charge is -2.25. The third-order valence-electron chi connectivity index (χ3n) is 5.65. The van der Waals surface area contributed by atoms with E-state index in [2.05, 4.69) is 13.8 Å². The molecule has 0 N–H and O–H groups in total. The minimum Gasteiger partial charge on any atom is -0.493 e. The van der Waals surface area contributed by atoms with Crippen LogP contribution in [0.2, 0.25) is 0 Å². The summed E-state index contributed by atoms with van der Waals surface area (Å²) < 4.78 is 10.9. The zero-order chi connectivity index (χ0) is 21.2. The Bertz CT molecular complexity index is 673. The van der Waals surface area contributed by atoms with E-state index in [0.717, 1.165) is 43.7 Å². The van der Waals surface area contributed by atoms with Gasteiger partial charge < -0.3 is 19.3 Å². The van der Waals surface area contributed by atoms with Crippen molar-refractivity contribution in [1.82, 2.24) is 9.80 Å². The number of carbonyl (C=O) groups excluding carboxylic acids is 2. The molecule has 0 atom stereocenters. The zero-order valence-corrected chi connectivity index (χ0v) is 18.4. The molecule has 1 aromatic carbocycles. The fourth-order valence-corrected chi connectivity index (χ4v) is 3.83. The number of benzene rings is 1. The van der Waals surface area contributed by atoms with Crippen LogP contribution in [-0.4, -0.2) is 61.5 Å². The molecule has 1 aromatic rings. The summed E-state index contributed by atoms with van der Waals surface area (Å²) >= 11 is 0. The molecule has 0 unspecified atom stereocenters. The van der Waals surface area contributed by atoms with E-state index in [1.165, 1.54) is 0 Å². The Morgan fingerprint density at radius 2 is 1.69 bits per heavy atom. The molecule has 2 rings (SSSR count). The first-order valence-electron chi connectivity index (χ1n) is 10.9. The van der Waals surface area contributed by atoms with Crippen LogP contribution >= 0.6 is 0 Å². The van der Waals surface area contributed by atoms with Crippen molar-refractivity contribution in [3.05, 3.63) is 23.8 Å². The van der Waals surface area contributed by atoms with Crippen LogP contribution in [0.5, 0.6) is 11.5 Å². The van der Waals surface area contributed by atoms with Crippen LogP contribution in [0.25, 0.3) is 0 Å². The molecule has 6 heteroatoms. The smallest absolute Gasteiger partial charge is 0.225 e. The topological polar surface area (TPSA) is 59.1 Å². The quantitative estimate of drug-likeness (QED) is 0.632. The summed E-state index contributed by atoms with van der Waals surface area (Å²) in [5.74, 6) is 1.91. The second-order valence-electron chi connectivity index (χ2n) is 7.49. The highest BCUT2D eigenvalue weighted by molar-refractivity contribution is 5.79. The fraction of sp³-hybridized carbons (Fsp3) is 0.652. The Morgan fingerprint density at radius 3 is 2.34 bits per heavy atom. The second kappa shape index (κ2) is 11.7. The third-order valence-corrected chi connectivity index (χ3v) is 5.65. The van der Waals surface area contributed by atoms with Gasteiger partial charge in [0.1, 0.15) is 0 Å². The maximum Gasteiger partial charge on any atom is 0.225 e. The number of carbonyl (C=O) groups is 2. The van der Waals surface area contributed by atoms with Crippen LogP contribution in [0.3, 0.4) is 0 Å². The standard InChI is InChI=1S/C23H36N2O4/c1-5-19(6-2)23(27)25-14-8-13-24(15-16-25)22(26)12-10-18-9-11-20(29-7-3)21(17-18)28-4/h9,11,17,19H,5-8,10,12-16H2,1-4H3. The van der Waals surface area contributed by atoms with Crippen LogP contribution in [0, 0.1) is 5.92 Å². The van der Waals surface area contributed by atoms with E-state index in [1.807, 2.05) is 34.9 Å². The van der Waals surface area contributed by atoms with Gasteiger partial charge in [0.2, 0.25) is 11.8 Å². The first kappa shape index (κ1) is 23.0. The van der Waals surface area contributed by atoms with Gasteiger partial charge in [-0.25, -0.2) is 0 Å². The van der Waals surface area contributed by atoms with Crippen molar-refractivity contribution in [3.8, 4) is 11.5 Å². The Labute approximate surface area is 175 Å². The number of aryl methyl sites for hydroxylation is 1. The fourth-order valence-electron chi connectivity index (χ4n) is 3.83. The summed E-state index contributed by atoms with van der Waals surface area (Å²) in [7, 11) is 1.62. The molecule has 1 saturated heterocycles. The normalized spacial score (nSPS) is 14.7. The monoisotopic (exact) mass is 404 g/mol. The van der Waals surface area contributed by atoms with Crippen molar-refractivity contribution in [2.45, 2.75) is 52.9 Å². The maximum absolute atomic E-state index is 12.7. The average molecular weight is 405 g/mol. The average Bonchev–Trinajstić information content (AvgIpc) is 3.00. The number of hydrogen-bond donors (Lipinski definition) is 0. The molecule has 0 aromatic heterocycles. The van der Waals surface area contributed by atoms with Crippen LogP contribution in [0.4, 0.5) is 0 Å². The van der Waals surface area contributed by atoms with Crippen molar-refractivity contribution in [2.24, 2.45) is 5.92 Å². The van der Waals surface area contributed by atoms with Gasteiger partial charge >= 0.3 is 0 Å². The Hall–Kier alpha value is -2.24. The first-order valence-corrected chi connectivity index (χ1v) is 10.9. The molecular weight excluding hydrogens is 368 g/mol. The molecule has 0 saturated carbocycles. The van der Waals surface area contributed by atoms with Crippen molar-refractivity contribution >= 4 is 11.8 Å². The molecule has 1 fully saturated rings. The molecular formula is C23H36N2O4. The number of hydrogen-bond acceptors (Lipinski definition) is 4. The second-order valence-corrected chi connectivity index (χ2v) is 7.49. The largest absolute Gasteiger partial charge is 0.493 e. The van der Waals surface area contributed by atoms with E-state index in [1.54, 1.807) is 7.11 Å². The lowest BCUT2D eigenvalue weighted by molar-refractivity contribution is -0.136. The lowest BCUT2D eigenvalue weighted by Crippen LogP contribution is -2.39. The summed E-state index contributed by atoms with van der Waals surface area (Å²) in [5, 5.41) is 0. The lowest BCUT2D eigenvalue weighted by atomic mass is 10.0. The van der Waals surface area contributed by atoms with Gasteiger partial charge in [-0.1, -0.05) is 19.9 Å². The summed E-state index contributed by atoms with van der Waals surface area (Å²) in [5.41, 5.74) is 1.05. The SMILES string of the molecule is CCOc1ccc(CCC(=O)N2CCCN(C(=O)C(CC)CC)CC2)cc1OC. The van der Waals surface area contributed by atoms with E-state index in [-0.39, 0.29) is 17.7 Å². The number of amides is 2. The summed E-state index contributed by atoms with van der Waals surface area (Å²) in [6, 6.07) is 5.82. The zero-order valence-electron chi connectivity index (χ0n) is 18.4. The van der Waals surface area contributed by atoms with E-state index in [4.69, 9.17) is 9.47 Å². The third kappa shape index (κ3) is 6.38. The van der Waals surface area contributed by atoms with Crippen molar-refractivity contribution in [2.75, 3.05) is 39.9 Å². The highest BCUT2D eigenvalue weighted by Crippen LogP contribution is 2.28. The molecule has 1 heterocycles. The summed E-state index contributed by atoms with van der Waals surface area (Å²) in [6.45, 7) is 9.38. The van der Waals surface area contributed by atoms with Crippen LogP contribution in [0.15, 0.2) is 18.2 Å². The van der Waals surface area contributed by atoms with Crippen LogP contribution in [0.1, 0.15) is 52.0 Å². The van der Waals surface area contributed by atoms with Gasteiger partial charge in [-0.3, -0.25) is 9.59 Å². The Balaban J connectivity index is 1.89. The van der Waals surface area contributed by atoms with E-state index < -0.39 is 0 Å². The number of ether oxygens (including phenoxy) is 2. The van der Waals surface area contributed by atoms with Gasteiger partial charge in [0.05, 0.1) is 13.7 Å². The molecule has 29 heavy (non-hydrogen) atoms. The van der Waals surface area contributed by atoms with Gasteiger partial charge in [-0.2, -0.15) is 0 Å². The van der Waals surface area contributed by atoms with Gasteiger partial charge in [-0.05, 0) is 50.3 Å². The van der Waals surface area contributed by atoms with Crippen molar-refractivity contribution in [1.29, 1.82) is 0 Å². The van der Waals surface area contributed by atoms with Crippen LogP contribution < -0.4 is 9.47 Å². The molecule has 0 aliphatic carbocycles. The molecule has 6 nitrogen and oxygen atoms in total. The maximum atomic E-state index is 12.7. The predicted molar refractivity (Wildman–Crippen MR) is 114 cm³/mol. The van der Waals surface area contributed by atoms with Gasteiger partial charge in [0.25, 0.3) is 0 Å². The van der Waals surface area contributed by atoms with Crippen molar-refractivity contribution in [3.63, 3.8) is 0 Å². The molecule has 0 spiro atoms. The number of rotatable bonds is 9. The van der Waals surface area contributed by atoms with Crippen LogP contribution in [-0.2, 0) is 16.0 Å². The van der Waals surface area contributed by atoms with Gasteiger partial charge in [0.15, 0.2) is 11.5 Å². The van der Waals surface area contributed by atoms with Crippen molar-refractivity contribution < 1.29 is 19.1 Å². The first-order chi connectivity index (χ1) is 14.0. The molecule has 2 amide bonds. The van der Waals surface area contributed by atoms with E-state index in [9.17, 15) is 9.59 Å².